The third-order valence-electron chi connectivity index (χ3n) is 5.06. The van der Waals surface area contributed by atoms with Crippen molar-refractivity contribution in [3.8, 4) is 5.75 Å². The Balaban J connectivity index is 1.45. The van der Waals surface area contributed by atoms with Gasteiger partial charge < -0.3 is 19.5 Å². The van der Waals surface area contributed by atoms with Gasteiger partial charge in [-0.25, -0.2) is 4.98 Å². The molecule has 8 nitrogen and oxygen atoms in total. The molecule has 0 bridgehead atoms. The fourth-order valence-corrected chi connectivity index (χ4v) is 4.23. The summed E-state index contributed by atoms with van der Waals surface area (Å²) in [6, 6.07) is 12.1. The van der Waals surface area contributed by atoms with Crippen molar-refractivity contribution in [2.45, 2.75) is 26.2 Å². The number of aryl methyl sites for hydroxylation is 1. The number of pyridine rings is 1. The van der Waals surface area contributed by atoms with Crippen molar-refractivity contribution in [3.63, 3.8) is 0 Å². The van der Waals surface area contributed by atoms with Crippen LogP contribution in [0, 0.1) is 6.92 Å². The molecule has 164 valence electrons. The average molecular weight is 442 g/mol. The predicted octanol–water partition coefficient (Wildman–Crippen LogP) is 3.71. The van der Waals surface area contributed by atoms with Crippen molar-refractivity contribution >= 4 is 22.3 Å². The van der Waals surface area contributed by atoms with Crippen molar-refractivity contribution in [2.75, 3.05) is 39.2 Å². The lowest BCUT2D eigenvalue weighted by Crippen LogP contribution is -2.38. The first-order valence-electron chi connectivity index (χ1n) is 10.2. The number of methoxy groups -OCH3 is 2. The van der Waals surface area contributed by atoms with Gasteiger partial charge in [-0.05, 0) is 36.8 Å². The topological polar surface area (TPSA) is 81.6 Å². The van der Waals surface area contributed by atoms with Gasteiger partial charge in [0.2, 0.25) is 5.13 Å². The summed E-state index contributed by atoms with van der Waals surface area (Å²) in [7, 11) is 3.41. The van der Waals surface area contributed by atoms with Gasteiger partial charge in [0.1, 0.15) is 22.7 Å². The van der Waals surface area contributed by atoms with Gasteiger partial charge >= 0.3 is 0 Å². The summed E-state index contributed by atoms with van der Waals surface area (Å²) in [5, 5.41) is 13.0. The number of rotatable bonds is 8. The fraction of sp³-hybridized carbons (Fsp3) is 0.409. The summed E-state index contributed by atoms with van der Waals surface area (Å²) >= 11 is 1.50. The maximum atomic E-state index is 6.05. The highest BCUT2D eigenvalue weighted by atomic mass is 32.1. The molecule has 0 amide bonds. The predicted molar refractivity (Wildman–Crippen MR) is 120 cm³/mol. The largest absolute Gasteiger partial charge is 0.496 e. The molecule has 1 fully saturated rings. The van der Waals surface area contributed by atoms with Gasteiger partial charge in [0.15, 0.2) is 0 Å². The minimum atomic E-state index is -0.0974. The number of hydrogen-bond acceptors (Lipinski definition) is 9. The fourth-order valence-electron chi connectivity index (χ4n) is 3.63. The van der Waals surface area contributed by atoms with E-state index in [1.54, 1.807) is 14.2 Å². The highest BCUT2D eigenvalue weighted by Gasteiger charge is 2.24. The monoisotopic (exact) mass is 441 g/mol. The van der Waals surface area contributed by atoms with Crippen LogP contribution in [0.4, 0.5) is 10.9 Å². The number of ether oxygens (including phenoxy) is 3. The first-order chi connectivity index (χ1) is 15.1. The van der Waals surface area contributed by atoms with Crippen LogP contribution in [-0.4, -0.2) is 54.0 Å². The standard InChI is InChI=1S/C22H27N5O3S/c1-15-25-26-22(31-15)24-21-6-4-5-18(23-21)20-13-27(9-10-30-20)12-17-11-16(14-28-2)7-8-19(17)29-3/h4-8,11,20H,9-10,12-14H2,1-3H3,(H,23,24,26)/t20-/m1/s1. The summed E-state index contributed by atoms with van der Waals surface area (Å²) in [6.07, 6.45) is -0.0974. The van der Waals surface area contributed by atoms with Crippen LogP contribution in [0.5, 0.6) is 5.75 Å². The van der Waals surface area contributed by atoms with E-state index in [1.165, 1.54) is 11.3 Å². The first kappa shape index (κ1) is 21.6. The van der Waals surface area contributed by atoms with E-state index < -0.39 is 0 Å². The van der Waals surface area contributed by atoms with Crippen LogP contribution in [0.1, 0.15) is 27.9 Å². The number of morpholine rings is 1. The molecule has 0 radical (unpaired) electrons. The van der Waals surface area contributed by atoms with E-state index in [1.807, 2.05) is 37.3 Å². The van der Waals surface area contributed by atoms with E-state index in [9.17, 15) is 0 Å². The highest BCUT2D eigenvalue weighted by molar-refractivity contribution is 7.15. The summed E-state index contributed by atoms with van der Waals surface area (Å²) in [5.74, 6) is 1.63. The van der Waals surface area contributed by atoms with Crippen molar-refractivity contribution in [3.05, 3.63) is 58.2 Å². The Labute approximate surface area is 186 Å². The molecule has 3 heterocycles. The molecule has 2 aromatic heterocycles. The van der Waals surface area contributed by atoms with Gasteiger partial charge in [0.05, 0.1) is 26.0 Å². The number of nitrogens with one attached hydrogen (secondary N) is 1. The Bertz CT molecular complexity index is 1010. The lowest BCUT2D eigenvalue weighted by Gasteiger charge is -2.33. The van der Waals surface area contributed by atoms with Gasteiger partial charge in [-0.3, -0.25) is 4.90 Å². The quantitative estimate of drug-likeness (QED) is 0.567. The Morgan fingerprint density at radius 1 is 1.23 bits per heavy atom. The van der Waals surface area contributed by atoms with Crippen LogP contribution in [0.15, 0.2) is 36.4 Å². The van der Waals surface area contributed by atoms with Gasteiger partial charge in [-0.15, -0.1) is 10.2 Å². The van der Waals surface area contributed by atoms with Gasteiger partial charge in [0.25, 0.3) is 0 Å². The minimum absolute atomic E-state index is 0.0974. The zero-order valence-corrected chi connectivity index (χ0v) is 18.8. The van der Waals surface area contributed by atoms with E-state index in [2.05, 4.69) is 26.5 Å². The van der Waals surface area contributed by atoms with Crippen molar-refractivity contribution in [1.29, 1.82) is 0 Å². The third-order valence-corrected chi connectivity index (χ3v) is 5.82. The number of nitrogens with zero attached hydrogens (tertiary/aromatic N) is 4. The number of benzene rings is 1. The minimum Gasteiger partial charge on any atom is -0.496 e. The van der Waals surface area contributed by atoms with Crippen LogP contribution >= 0.6 is 11.3 Å². The molecule has 1 saturated heterocycles. The molecule has 1 aliphatic rings. The van der Waals surface area contributed by atoms with Crippen LogP contribution in [0.2, 0.25) is 0 Å². The average Bonchev–Trinajstić information content (AvgIpc) is 3.19. The van der Waals surface area contributed by atoms with E-state index >= 15 is 0 Å². The Morgan fingerprint density at radius 3 is 2.90 bits per heavy atom. The van der Waals surface area contributed by atoms with E-state index in [4.69, 9.17) is 19.2 Å². The van der Waals surface area contributed by atoms with E-state index in [0.29, 0.717) is 13.2 Å². The summed E-state index contributed by atoms with van der Waals surface area (Å²) < 4.78 is 16.9. The number of aromatic nitrogens is 3. The molecule has 1 N–H and O–H groups in total. The van der Waals surface area contributed by atoms with Gasteiger partial charge in [-0.1, -0.05) is 23.5 Å². The maximum absolute atomic E-state index is 6.05. The maximum Gasteiger partial charge on any atom is 0.211 e. The molecule has 0 spiro atoms. The van der Waals surface area contributed by atoms with Crippen LogP contribution < -0.4 is 10.1 Å². The number of anilines is 2. The molecule has 1 aromatic carbocycles. The second-order valence-electron chi connectivity index (χ2n) is 7.37. The molecule has 9 heteroatoms. The normalized spacial score (nSPS) is 16.9. The zero-order valence-electron chi connectivity index (χ0n) is 18.0. The second-order valence-corrected chi connectivity index (χ2v) is 8.55. The van der Waals surface area contributed by atoms with Gasteiger partial charge in [-0.2, -0.15) is 0 Å². The van der Waals surface area contributed by atoms with Crippen molar-refractivity contribution in [2.24, 2.45) is 0 Å². The lowest BCUT2D eigenvalue weighted by molar-refractivity contribution is -0.0351. The van der Waals surface area contributed by atoms with E-state index in [-0.39, 0.29) is 6.10 Å². The summed E-state index contributed by atoms with van der Waals surface area (Å²) in [5.41, 5.74) is 3.18. The smallest absolute Gasteiger partial charge is 0.211 e. The molecule has 3 aromatic rings. The first-order valence-corrected chi connectivity index (χ1v) is 11.0. The number of hydrogen-bond donors (Lipinski definition) is 1. The van der Waals surface area contributed by atoms with E-state index in [0.717, 1.165) is 58.2 Å². The Kier molecular flexibility index (Phi) is 7.08. The molecular formula is C22H27N5O3S. The Hall–Kier alpha value is -2.59. The lowest BCUT2D eigenvalue weighted by atomic mass is 10.1. The zero-order chi connectivity index (χ0) is 21.6. The summed E-state index contributed by atoms with van der Waals surface area (Å²) in [6.45, 7) is 5.56. The molecule has 0 unspecified atom stereocenters. The summed E-state index contributed by atoms with van der Waals surface area (Å²) in [4.78, 5) is 7.12. The van der Waals surface area contributed by atoms with Crippen LogP contribution in [0.25, 0.3) is 0 Å². The second kappa shape index (κ2) is 10.1. The molecule has 1 atom stereocenters. The Morgan fingerprint density at radius 2 is 2.13 bits per heavy atom. The molecule has 1 aliphatic heterocycles. The van der Waals surface area contributed by atoms with Crippen LogP contribution in [-0.2, 0) is 22.6 Å². The molecule has 0 saturated carbocycles. The molecule has 0 aliphatic carbocycles. The highest BCUT2D eigenvalue weighted by Crippen LogP contribution is 2.27. The van der Waals surface area contributed by atoms with Crippen molar-refractivity contribution in [1.82, 2.24) is 20.1 Å². The van der Waals surface area contributed by atoms with Crippen molar-refractivity contribution < 1.29 is 14.2 Å². The molecule has 4 rings (SSSR count). The third kappa shape index (κ3) is 5.56. The molecular weight excluding hydrogens is 414 g/mol. The van der Waals surface area contributed by atoms with Crippen LogP contribution in [0.3, 0.4) is 0 Å². The SMILES string of the molecule is COCc1ccc(OC)c(CN2CCO[C@@H](c3cccc(Nc4nnc(C)s4)n3)C2)c1. The van der Waals surface area contributed by atoms with Gasteiger partial charge in [0, 0.05) is 32.3 Å². The molecule has 31 heavy (non-hydrogen) atoms.